The maximum atomic E-state index is 12.2. The van der Waals surface area contributed by atoms with Gasteiger partial charge in [-0.25, -0.2) is 4.98 Å². The molecule has 0 aromatic carbocycles. The van der Waals surface area contributed by atoms with Gasteiger partial charge in [-0.05, 0) is 12.1 Å². The summed E-state index contributed by atoms with van der Waals surface area (Å²) >= 11 is 0. The van der Waals surface area contributed by atoms with Crippen molar-refractivity contribution in [2.45, 2.75) is 0 Å². The first-order chi connectivity index (χ1) is 10.0. The van der Waals surface area contributed by atoms with Gasteiger partial charge in [0.25, 0.3) is 5.91 Å². The third-order valence-electron chi connectivity index (χ3n) is 2.49. The monoisotopic (exact) mass is 291 g/mol. The molecule has 8 heteroatoms. The van der Waals surface area contributed by atoms with Crippen molar-refractivity contribution in [2.75, 3.05) is 27.3 Å². The lowest BCUT2D eigenvalue weighted by Gasteiger charge is -2.19. The molecule has 0 aliphatic heterocycles. The molecule has 0 bridgehead atoms. The molecule has 0 spiro atoms. The van der Waals surface area contributed by atoms with Crippen molar-refractivity contribution in [3.05, 3.63) is 29.6 Å². The third-order valence-corrected chi connectivity index (χ3v) is 2.49. The minimum atomic E-state index is -0.680. The van der Waals surface area contributed by atoms with Crippen molar-refractivity contribution in [1.82, 2.24) is 9.88 Å². The number of aromatic nitrogens is 1. The van der Waals surface area contributed by atoms with E-state index in [0.29, 0.717) is 5.56 Å². The molecular formula is C13H13N3O5. The van der Waals surface area contributed by atoms with E-state index in [0.717, 1.165) is 4.90 Å². The molecule has 0 fully saturated rings. The molecule has 0 saturated heterocycles. The van der Waals surface area contributed by atoms with Gasteiger partial charge in [-0.15, -0.1) is 0 Å². The van der Waals surface area contributed by atoms with Crippen molar-refractivity contribution in [3.63, 3.8) is 0 Å². The molecule has 8 nitrogen and oxygen atoms in total. The Labute approximate surface area is 120 Å². The summed E-state index contributed by atoms with van der Waals surface area (Å²) < 4.78 is 8.94. The summed E-state index contributed by atoms with van der Waals surface area (Å²) in [4.78, 5) is 39.6. The van der Waals surface area contributed by atoms with Crippen molar-refractivity contribution in [3.8, 4) is 6.07 Å². The highest BCUT2D eigenvalue weighted by Gasteiger charge is 2.23. The van der Waals surface area contributed by atoms with Crippen LogP contribution in [0.15, 0.2) is 18.3 Å². The molecule has 0 saturated carbocycles. The third kappa shape index (κ3) is 4.58. The molecule has 0 N–H and O–H groups in total. The summed E-state index contributed by atoms with van der Waals surface area (Å²) in [5.41, 5.74) is 0.292. The summed E-state index contributed by atoms with van der Waals surface area (Å²) in [6, 6.07) is 4.62. The Hall–Kier alpha value is -2.95. The van der Waals surface area contributed by atoms with E-state index in [2.05, 4.69) is 14.5 Å². The zero-order valence-electron chi connectivity index (χ0n) is 11.5. The van der Waals surface area contributed by atoms with E-state index < -0.39 is 30.9 Å². The Morgan fingerprint density at radius 2 is 1.76 bits per heavy atom. The number of pyridine rings is 1. The van der Waals surface area contributed by atoms with E-state index in [9.17, 15) is 14.4 Å². The quantitative estimate of drug-likeness (QED) is 0.687. The van der Waals surface area contributed by atoms with Crippen molar-refractivity contribution < 1.29 is 23.9 Å². The van der Waals surface area contributed by atoms with Crippen LogP contribution in [0.25, 0.3) is 0 Å². The number of nitrogens with zero attached hydrogens (tertiary/aromatic N) is 3. The van der Waals surface area contributed by atoms with Crippen LogP contribution in [-0.4, -0.2) is 55.0 Å². The van der Waals surface area contributed by atoms with Crippen LogP contribution in [0.2, 0.25) is 0 Å². The maximum Gasteiger partial charge on any atom is 0.325 e. The Balaban J connectivity index is 2.94. The minimum absolute atomic E-state index is 0.00167. The summed E-state index contributed by atoms with van der Waals surface area (Å²) in [6.07, 6.45) is 1.22. The lowest BCUT2D eigenvalue weighted by molar-refractivity contribution is -0.144. The van der Waals surface area contributed by atoms with E-state index in [1.807, 2.05) is 6.07 Å². The first kappa shape index (κ1) is 16.1. The van der Waals surface area contributed by atoms with Crippen LogP contribution in [0.3, 0.4) is 0 Å². The van der Waals surface area contributed by atoms with Gasteiger partial charge in [0, 0.05) is 6.20 Å². The first-order valence-corrected chi connectivity index (χ1v) is 5.81. The second-order valence-corrected chi connectivity index (χ2v) is 3.86. The van der Waals surface area contributed by atoms with E-state index >= 15 is 0 Å². The molecule has 0 atom stereocenters. The number of rotatable bonds is 5. The fourth-order valence-corrected chi connectivity index (χ4v) is 1.39. The second kappa shape index (κ2) is 7.59. The van der Waals surface area contributed by atoms with Crippen molar-refractivity contribution in [2.24, 2.45) is 0 Å². The predicted octanol–water partition coefficient (Wildman–Crippen LogP) is -0.259. The molecule has 1 aromatic rings. The highest BCUT2D eigenvalue weighted by Crippen LogP contribution is 2.04. The van der Waals surface area contributed by atoms with Crippen LogP contribution in [0.1, 0.15) is 16.1 Å². The number of carbonyl (C=O) groups is 3. The molecular weight excluding hydrogens is 278 g/mol. The van der Waals surface area contributed by atoms with Gasteiger partial charge in [0.05, 0.1) is 19.8 Å². The van der Waals surface area contributed by atoms with Gasteiger partial charge >= 0.3 is 11.9 Å². The van der Waals surface area contributed by atoms with Gasteiger partial charge in [-0.2, -0.15) is 5.26 Å². The van der Waals surface area contributed by atoms with Crippen LogP contribution in [0.4, 0.5) is 0 Å². The number of hydrogen-bond acceptors (Lipinski definition) is 7. The molecule has 1 aromatic heterocycles. The Morgan fingerprint density at radius 3 is 2.14 bits per heavy atom. The van der Waals surface area contributed by atoms with Crippen LogP contribution in [-0.2, 0) is 19.1 Å². The Bertz CT molecular complexity index is 558. The SMILES string of the molecule is COC(=O)CN(CC(=O)OC)C(=O)c1ccc(C#N)cn1. The standard InChI is InChI=1S/C13H13N3O5/c1-20-11(17)7-16(8-12(18)21-2)13(19)10-4-3-9(5-14)6-15-10/h3-4,6H,7-8H2,1-2H3. The molecule has 0 aliphatic carbocycles. The second-order valence-electron chi connectivity index (χ2n) is 3.86. The summed E-state index contributed by atoms with van der Waals surface area (Å²) in [7, 11) is 2.34. The fourth-order valence-electron chi connectivity index (χ4n) is 1.39. The number of ether oxygens (including phenoxy) is 2. The largest absolute Gasteiger partial charge is 0.468 e. The van der Waals surface area contributed by atoms with E-state index in [4.69, 9.17) is 5.26 Å². The minimum Gasteiger partial charge on any atom is -0.468 e. The van der Waals surface area contributed by atoms with Crippen LogP contribution < -0.4 is 0 Å². The van der Waals surface area contributed by atoms with Crippen molar-refractivity contribution >= 4 is 17.8 Å². The molecule has 0 unspecified atom stereocenters. The zero-order chi connectivity index (χ0) is 15.8. The molecule has 110 valence electrons. The van der Waals surface area contributed by atoms with Gasteiger partial charge in [0.15, 0.2) is 0 Å². The molecule has 1 amide bonds. The molecule has 0 radical (unpaired) electrons. The Morgan fingerprint density at radius 1 is 1.19 bits per heavy atom. The smallest absolute Gasteiger partial charge is 0.325 e. The molecule has 0 aliphatic rings. The lowest BCUT2D eigenvalue weighted by Crippen LogP contribution is -2.40. The normalized spacial score (nSPS) is 9.38. The number of nitriles is 1. The molecule has 1 rings (SSSR count). The average molecular weight is 291 g/mol. The van der Waals surface area contributed by atoms with Crippen LogP contribution in [0, 0.1) is 11.3 Å². The highest BCUT2D eigenvalue weighted by molar-refractivity contribution is 5.96. The van der Waals surface area contributed by atoms with Gasteiger partial charge in [-0.1, -0.05) is 0 Å². The van der Waals surface area contributed by atoms with E-state index in [-0.39, 0.29) is 5.69 Å². The van der Waals surface area contributed by atoms with Gasteiger partial charge in [0.1, 0.15) is 24.9 Å². The summed E-state index contributed by atoms with van der Waals surface area (Å²) in [5, 5.41) is 8.67. The lowest BCUT2D eigenvalue weighted by atomic mass is 10.2. The number of hydrogen-bond donors (Lipinski definition) is 0. The number of amides is 1. The molecule has 21 heavy (non-hydrogen) atoms. The summed E-state index contributed by atoms with van der Waals surface area (Å²) in [5.74, 6) is -2.00. The Kier molecular flexibility index (Phi) is 5.82. The average Bonchev–Trinajstić information content (AvgIpc) is 2.53. The maximum absolute atomic E-state index is 12.2. The number of esters is 2. The molecule has 1 heterocycles. The van der Waals surface area contributed by atoms with Crippen LogP contribution in [0.5, 0.6) is 0 Å². The zero-order valence-corrected chi connectivity index (χ0v) is 11.5. The van der Waals surface area contributed by atoms with Gasteiger partial charge in [0.2, 0.25) is 0 Å². The van der Waals surface area contributed by atoms with Crippen molar-refractivity contribution in [1.29, 1.82) is 5.26 Å². The van der Waals surface area contributed by atoms with Gasteiger partial charge in [-0.3, -0.25) is 14.4 Å². The van der Waals surface area contributed by atoms with E-state index in [1.165, 1.54) is 32.5 Å². The topological polar surface area (TPSA) is 110 Å². The van der Waals surface area contributed by atoms with Crippen LogP contribution >= 0.6 is 0 Å². The number of methoxy groups -OCH3 is 2. The summed E-state index contributed by atoms with van der Waals surface area (Å²) in [6.45, 7) is -0.821. The van der Waals surface area contributed by atoms with E-state index in [1.54, 1.807) is 0 Å². The van der Waals surface area contributed by atoms with Gasteiger partial charge < -0.3 is 14.4 Å². The number of carbonyl (C=O) groups excluding carboxylic acids is 3. The highest BCUT2D eigenvalue weighted by atomic mass is 16.5. The first-order valence-electron chi connectivity index (χ1n) is 5.81. The predicted molar refractivity (Wildman–Crippen MR) is 68.9 cm³/mol. The fraction of sp³-hybridized carbons (Fsp3) is 0.308.